The van der Waals surface area contributed by atoms with E-state index in [9.17, 15) is 9.18 Å². The van der Waals surface area contributed by atoms with Gasteiger partial charge < -0.3 is 5.32 Å². The summed E-state index contributed by atoms with van der Waals surface area (Å²) in [5.41, 5.74) is 3.13. The minimum absolute atomic E-state index is 0.136. The van der Waals surface area contributed by atoms with E-state index < -0.39 is 0 Å². The molecule has 4 nitrogen and oxygen atoms in total. The summed E-state index contributed by atoms with van der Waals surface area (Å²) in [5, 5.41) is 2.92. The van der Waals surface area contributed by atoms with Crippen LogP contribution in [0.25, 0.3) is 5.65 Å². The van der Waals surface area contributed by atoms with Gasteiger partial charge in [-0.2, -0.15) is 0 Å². The van der Waals surface area contributed by atoms with Crippen LogP contribution in [0.15, 0.2) is 48.7 Å². The molecule has 3 rings (SSSR count). The summed E-state index contributed by atoms with van der Waals surface area (Å²) in [4.78, 5) is 17.0. The summed E-state index contributed by atoms with van der Waals surface area (Å²) in [6, 6.07) is 12.0. The zero-order valence-electron chi connectivity index (χ0n) is 12.9. The summed E-state index contributed by atoms with van der Waals surface area (Å²) >= 11 is 0. The van der Waals surface area contributed by atoms with Crippen molar-refractivity contribution in [1.29, 1.82) is 0 Å². The lowest BCUT2D eigenvalue weighted by atomic mass is 10.1. The zero-order valence-corrected chi connectivity index (χ0v) is 12.9. The lowest BCUT2D eigenvalue weighted by molar-refractivity contribution is 0.0947. The average molecular weight is 311 g/mol. The molecule has 1 amide bonds. The Morgan fingerprint density at radius 1 is 1.22 bits per heavy atom. The van der Waals surface area contributed by atoms with Crippen LogP contribution < -0.4 is 5.32 Å². The third kappa shape index (κ3) is 3.23. The van der Waals surface area contributed by atoms with E-state index >= 15 is 0 Å². The number of hydrogen-bond donors (Lipinski definition) is 1. The molecule has 2 aromatic heterocycles. The van der Waals surface area contributed by atoms with Crippen LogP contribution in [0.5, 0.6) is 0 Å². The number of hydrogen-bond acceptors (Lipinski definition) is 2. The summed E-state index contributed by atoms with van der Waals surface area (Å²) in [6.07, 6.45) is 3.20. The first-order valence-electron chi connectivity index (χ1n) is 7.67. The molecule has 0 saturated heterocycles. The molecule has 0 atom stereocenters. The van der Waals surface area contributed by atoms with Gasteiger partial charge >= 0.3 is 0 Å². The Labute approximate surface area is 134 Å². The fraction of sp³-hybridized carbons (Fsp3) is 0.222. The smallest absolute Gasteiger partial charge is 0.270 e. The molecule has 0 radical (unpaired) electrons. The lowest BCUT2D eigenvalue weighted by Gasteiger charge is -2.07. The van der Waals surface area contributed by atoms with Crippen molar-refractivity contribution < 1.29 is 9.18 Å². The van der Waals surface area contributed by atoms with E-state index in [0.717, 1.165) is 16.9 Å². The number of amides is 1. The van der Waals surface area contributed by atoms with E-state index in [1.807, 2.05) is 35.7 Å². The van der Waals surface area contributed by atoms with Crippen LogP contribution >= 0.6 is 0 Å². The Morgan fingerprint density at radius 3 is 2.74 bits per heavy atom. The predicted octanol–water partition coefficient (Wildman–Crippen LogP) is 3.01. The number of fused-ring (bicyclic) bond motifs is 1. The quantitative estimate of drug-likeness (QED) is 0.787. The molecule has 2 heterocycles. The molecule has 23 heavy (non-hydrogen) atoms. The molecular formula is C18H18FN3O. The SMILES string of the molecule is CCc1nc2ccccn2c1C(=O)NCCc1ccc(F)cc1. The molecular weight excluding hydrogens is 293 g/mol. The van der Waals surface area contributed by atoms with E-state index in [-0.39, 0.29) is 11.7 Å². The van der Waals surface area contributed by atoms with Gasteiger partial charge in [0.15, 0.2) is 0 Å². The maximum absolute atomic E-state index is 12.9. The first-order valence-corrected chi connectivity index (χ1v) is 7.67. The molecule has 0 spiro atoms. The third-order valence-corrected chi connectivity index (χ3v) is 3.76. The van der Waals surface area contributed by atoms with E-state index in [2.05, 4.69) is 10.3 Å². The molecule has 0 unspecified atom stereocenters. The molecule has 0 aliphatic heterocycles. The molecule has 0 fully saturated rings. The van der Waals surface area contributed by atoms with E-state index in [1.54, 1.807) is 12.1 Å². The topological polar surface area (TPSA) is 46.4 Å². The van der Waals surface area contributed by atoms with Crippen LogP contribution in [0.1, 0.15) is 28.7 Å². The highest BCUT2D eigenvalue weighted by atomic mass is 19.1. The molecule has 5 heteroatoms. The molecule has 1 N–H and O–H groups in total. The molecule has 118 valence electrons. The second-order valence-electron chi connectivity index (χ2n) is 5.32. The van der Waals surface area contributed by atoms with Crippen LogP contribution in [-0.4, -0.2) is 21.8 Å². The van der Waals surface area contributed by atoms with Crippen molar-refractivity contribution in [3.8, 4) is 0 Å². The van der Waals surface area contributed by atoms with Gasteiger partial charge in [0.1, 0.15) is 17.2 Å². The fourth-order valence-electron chi connectivity index (χ4n) is 2.59. The molecule has 0 aliphatic rings. The second-order valence-corrected chi connectivity index (χ2v) is 5.32. The van der Waals surface area contributed by atoms with Crippen molar-refractivity contribution >= 4 is 11.6 Å². The fourth-order valence-corrected chi connectivity index (χ4v) is 2.59. The van der Waals surface area contributed by atoms with Gasteiger partial charge in [-0.15, -0.1) is 0 Å². The number of benzene rings is 1. The summed E-state index contributed by atoms with van der Waals surface area (Å²) in [7, 11) is 0. The summed E-state index contributed by atoms with van der Waals surface area (Å²) < 4.78 is 14.7. The van der Waals surface area contributed by atoms with E-state index in [1.165, 1.54) is 12.1 Å². The van der Waals surface area contributed by atoms with Crippen molar-refractivity contribution in [3.63, 3.8) is 0 Å². The maximum Gasteiger partial charge on any atom is 0.270 e. The first-order chi connectivity index (χ1) is 11.2. The Morgan fingerprint density at radius 2 is 2.00 bits per heavy atom. The lowest BCUT2D eigenvalue weighted by Crippen LogP contribution is -2.27. The summed E-state index contributed by atoms with van der Waals surface area (Å²) in [5.74, 6) is -0.390. The zero-order chi connectivity index (χ0) is 16.2. The number of carbonyl (C=O) groups excluding carboxylic acids is 1. The molecule has 0 bridgehead atoms. The van der Waals surface area contributed by atoms with Crippen LogP contribution in [0.4, 0.5) is 4.39 Å². The van der Waals surface area contributed by atoms with Gasteiger partial charge in [0.25, 0.3) is 5.91 Å². The molecule has 1 aromatic carbocycles. The highest BCUT2D eigenvalue weighted by Crippen LogP contribution is 2.13. The first kappa shape index (κ1) is 15.2. The number of nitrogens with zero attached hydrogens (tertiary/aromatic N) is 2. The van der Waals surface area contributed by atoms with E-state index in [0.29, 0.717) is 25.1 Å². The average Bonchev–Trinajstić information content (AvgIpc) is 2.95. The van der Waals surface area contributed by atoms with Crippen molar-refractivity contribution in [2.24, 2.45) is 0 Å². The van der Waals surface area contributed by atoms with Crippen LogP contribution in [0.2, 0.25) is 0 Å². The summed E-state index contributed by atoms with van der Waals surface area (Å²) in [6.45, 7) is 2.48. The second kappa shape index (κ2) is 6.60. The number of rotatable bonds is 5. The van der Waals surface area contributed by atoms with Gasteiger partial charge in [0, 0.05) is 12.7 Å². The van der Waals surface area contributed by atoms with Gasteiger partial charge in [-0.3, -0.25) is 9.20 Å². The number of carbonyl (C=O) groups is 1. The predicted molar refractivity (Wildman–Crippen MR) is 87.0 cm³/mol. The van der Waals surface area contributed by atoms with E-state index in [4.69, 9.17) is 0 Å². The van der Waals surface area contributed by atoms with Crippen LogP contribution in [0, 0.1) is 5.82 Å². The normalized spacial score (nSPS) is 10.9. The number of aryl methyl sites for hydroxylation is 1. The van der Waals surface area contributed by atoms with Crippen LogP contribution in [-0.2, 0) is 12.8 Å². The Bertz CT molecular complexity index is 824. The molecule has 0 saturated carbocycles. The highest BCUT2D eigenvalue weighted by Gasteiger charge is 2.17. The monoisotopic (exact) mass is 311 g/mol. The van der Waals surface area contributed by atoms with Crippen molar-refractivity contribution in [2.75, 3.05) is 6.54 Å². The third-order valence-electron chi connectivity index (χ3n) is 3.76. The van der Waals surface area contributed by atoms with Crippen molar-refractivity contribution in [3.05, 3.63) is 71.4 Å². The Balaban J connectivity index is 1.72. The van der Waals surface area contributed by atoms with Gasteiger partial charge in [0.2, 0.25) is 0 Å². The number of aromatic nitrogens is 2. The van der Waals surface area contributed by atoms with Crippen LogP contribution in [0.3, 0.4) is 0 Å². The molecule has 0 aliphatic carbocycles. The van der Waals surface area contributed by atoms with Crippen molar-refractivity contribution in [1.82, 2.24) is 14.7 Å². The largest absolute Gasteiger partial charge is 0.350 e. The minimum atomic E-state index is -0.254. The number of halogens is 1. The molecule has 3 aromatic rings. The van der Waals surface area contributed by atoms with Crippen molar-refractivity contribution in [2.45, 2.75) is 19.8 Å². The highest BCUT2D eigenvalue weighted by molar-refractivity contribution is 5.94. The number of nitrogens with one attached hydrogen (secondary N) is 1. The Hall–Kier alpha value is -2.69. The maximum atomic E-state index is 12.9. The Kier molecular flexibility index (Phi) is 4.37. The number of imidazole rings is 1. The minimum Gasteiger partial charge on any atom is -0.350 e. The standard InChI is InChI=1S/C18H18FN3O/c1-2-15-17(22-12-4-3-5-16(22)21-15)18(23)20-11-10-13-6-8-14(19)9-7-13/h3-9,12H,2,10-11H2,1H3,(H,20,23). The van der Waals surface area contributed by atoms with Gasteiger partial charge in [-0.25, -0.2) is 9.37 Å². The van der Waals surface area contributed by atoms with Gasteiger partial charge in [0.05, 0.1) is 5.69 Å². The number of pyridine rings is 1. The van der Waals surface area contributed by atoms with Gasteiger partial charge in [-0.1, -0.05) is 25.1 Å². The van der Waals surface area contributed by atoms with Gasteiger partial charge in [-0.05, 0) is 42.7 Å².